The number of hydrogen-bond acceptors (Lipinski definition) is 3. The van der Waals surface area contributed by atoms with Gasteiger partial charge in [-0.05, 0) is 37.3 Å². The largest absolute Gasteiger partial charge is 0.361 e. The predicted molar refractivity (Wildman–Crippen MR) is 125 cm³/mol. The van der Waals surface area contributed by atoms with Crippen molar-refractivity contribution < 1.29 is 4.52 Å². The number of nitrogens with one attached hydrogen (secondary N) is 3. The fourth-order valence-electron chi connectivity index (χ4n) is 3.19. The van der Waals surface area contributed by atoms with Crippen molar-refractivity contribution in [2.75, 3.05) is 13.1 Å². The Hall–Kier alpha value is -2.03. The SMILES string of the molecule is CCNC(=NCc1cc(CC)no1)NCCc1c[nH]c2c(CC)cccc12.I. The van der Waals surface area contributed by atoms with Crippen molar-refractivity contribution in [2.45, 2.75) is 46.6 Å². The Bertz CT molecular complexity index is 899. The Labute approximate surface area is 183 Å². The maximum Gasteiger partial charge on any atom is 0.191 e. The first-order valence-corrected chi connectivity index (χ1v) is 9.79. The van der Waals surface area contributed by atoms with Crippen LogP contribution in [-0.4, -0.2) is 29.2 Å². The van der Waals surface area contributed by atoms with Gasteiger partial charge in [0.2, 0.25) is 0 Å². The molecule has 3 rings (SSSR count). The summed E-state index contributed by atoms with van der Waals surface area (Å²) in [6.07, 6.45) is 4.96. The zero-order valence-corrected chi connectivity index (χ0v) is 19.2. The summed E-state index contributed by atoms with van der Waals surface area (Å²) in [6.45, 7) is 8.42. The lowest BCUT2D eigenvalue weighted by molar-refractivity contribution is 0.379. The van der Waals surface area contributed by atoms with Gasteiger partial charge in [-0.15, -0.1) is 24.0 Å². The lowest BCUT2D eigenvalue weighted by Crippen LogP contribution is -2.38. The van der Waals surface area contributed by atoms with Crippen LogP contribution in [0.5, 0.6) is 0 Å². The van der Waals surface area contributed by atoms with Gasteiger partial charge in [0, 0.05) is 36.3 Å². The smallest absolute Gasteiger partial charge is 0.191 e. The van der Waals surface area contributed by atoms with Gasteiger partial charge in [-0.1, -0.05) is 37.2 Å². The number of guanidine groups is 1. The van der Waals surface area contributed by atoms with Crippen molar-refractivity contribution in [1.29, 1.82) is 0 Å². The fraction of sp³-hybridized carbons (Fsp3) is 0.429. The third kappa shape index (κ3) is 5.50. The van der Waals surface area contributed by atoms with Crippen LogP contribution >= 0.6 is 24.0 Å². The van der Waals surface area contributed by atoms with Crippen LogP contribution in [0.15, 0.2) is 40.0 Å². The Kier molecular flexibility index (Phi) is 8.82. The van der Waals surface area contributed by atoms with Crippen LogP contribution in [0, 0.1) is 0 Å². The van der Waals surface area contributed by atoms with E-state index in [2.05, 4.69) is 70.9 Å². The van der Waals surface area contributed by atoms with Crippen LogP contribution < -0.4 is 10.6 Å². The Morgan fingerprint density at radius 1 is 1.14 bits per heavy atom. The van der Waals surface area contributed by atoms with Crippen molar-refractivity contribution in [1.82, 2.24) is 20.8 Å². The van der Waals surface area contributed by atoms with Crippen LogP contribution in [0.3, 0.4) is 0 Å². The van der Waals surface area contributed by atoms with E-state index in [9.17, 15) is 0 Å². The summed E-state index contributed by atoms with van der Waals surface area (Å²) in [5.41, 5.74) is 4.91. The number of aliphatic imine (C=N–C) groups is 1. The average Bonchev–Trinajstić information content (AvgIpc) is 3.33. The molecule has 2 heterocycles. The zero-order valence-electron chi connectivity index (χ0n) is 16.8. The Balaban J connectivity index is 0.00000280. The molecule has 0 saturated heterocycles. The van der Waals surface area contributed by atoms with Crippen LogP contribution in [0.2, 0.25) is 0 Å². The third-order valence-corrected chi connectivity index (χ3v) is 4.66. The van der Waals surface area contributed by atoms with E-state index in [1.54, 1.807) is 0 Å². The van der Waals surface area contributed by atoms with E-state index < -0.39 is 0 Å². The summed E-state index contributed by atoms with van der Waals surface area (Å²) in [6, 6.07) is 8.48. The van der Waals surface area contributed by atoms with Crippen molar-refractivity contribution in [3.05, 3.63) is 53.0 Å². The lowest BCUT2D eigenvalue weighted by Gasteiger charge is -2.10. The fourth-order valence-corrected chi connectivity index (χ4v) is 3.19. The minimum atomic E-state index is 0. The second kappa shape index (κ2) is 11.1. The van der Waals surface area contributed by atoms with Gasteiger partial charge < -0.3 is 20.1 Å². The molecule has 0 saturated carbocycles. The highest BCUT2D eigenvalue weighted by Gasteiger charge is 2.07. The molecule has 152 valence electrons. The number of hydrogen-bond donors (Lipinski definition) is 3. The number of aromatic amines is 1. The monoisotopic (exact) mass is 495 g/mol. The van der Waals surface area contributed by atoms with E-state index in [4.69, 9.17) is 4.52 Å². The average molecular weight is 495 g/mol. The summed E-state index contributed by atoms with van der Waals surface area (Å²) >= 11 is 0. The summed E-state index contributed by atoms with van der Waals surface area (Å²) in [7, 11) is 0. The van der Waals surface area contributed by atoms with E-state index in [0.29, 0.717) is 6.54 Å². The number of H-pyrrole nitrogens is 1. The Morgan fingerprint density at radius 3 is 2.71 bits per heavy atom. The highest BCUT2D eigenvalue weighted by molar-refractivity contribution is 14.0. The molecule has 3 aromatic rings. The molecule has 0 aliphatic rings. The second-order valence-electron chi connectivity index (χ2n) is 6.52. The number of aromatic nitrogens is 2. The van der Waals surface area contributed by atoms with Gasteiger partial charge in [0.05, 0.1) is 5.69 Å². The molecule has 0 atom stereocenters. The molecule has 6 nitrogen and oxygen atoms in total. The molecule has 0 radical (unpaired) electrons. The normalized spacial score (nSPS) is 11.5. The lowest BCUT2D eigenvalue weighted by atomic mass is 10.1. The highest BCUT2D eigenvalue weighted by atomic mass is 127. The van der Waals surface area contributed by atoms with Crippen LogP contribution in [0.25, 0.3) is 10.9 Å². The number of rotatable bonds is 8. The molecule has 0 spiro atoms. The van der Waals surface area contributed by atoms with E-state index >= 15 is 0 Å². The van der Waals surface area contributed by atoms with E-state index in [-0.39, 0.29) is 24.0 Å². The minimum absolute atomic E-state index is 0. The van der Waals surface area contributed by atoms with Crippen molar-refractivity contribution >= 4 is 40.8 Å². The first-order valence-electron chi connectivity index (χ1n) is 9.79. The molecule has 0 aliphatic carbocycles. The second-order valence-corrected chi connectivity index (χ2v) is 6.52. The first-order chi connectivity index (χ1) is 13.2. The number of aryl methyl sites for hydroxylation is 2. The van der Waals surface area contributed by atoms with Gasteiger partial charge in [0.1, 0.15) is 6.54 Å². The molecule has 7 heteroatoms. The number of benzene rings is 1. The molecular formula is C21H30IN5O. The zero-order chi connectivity index (χ0) is 19.1. The molecule has 28 heavy (non-hydrogen) atoms. The number of halogens is 1. The predicted octanol–water partition coefficient (Wildman–Crippen LogP) is 4.20. The quantitative estimate of drug-likeness (QED) is 0.249. The van der Waals surface area contributed by atoms with Crippen LogP contribution in [0.4, 0.5) is 0 Å². The summed E-state index contributed by atoms with van der Waals surface area (Å²) < 4.78 is 5.30. The minimum Gasteiger partial charge on any atom is -0.361 e. The molecule has 3 N–H and O–H groups in total. The summed E-state index contributed by atoms with van der Waals surface area (Å²) in [5, 5.41) is 12.0. The van der Waals surface area contributed by atoms with Crippen LogP contribution in [0.1, 0.15) is 43.4 Å². The Morgan fingerprint density at radius 2 is 2.00 bits per heavy atom. The molecule has 2 aromatic heterocycles. The van der Waals surface area contributed by atoms with Gasteiger partial charge >= 0.3 is 0 Å². The molecule has 1 aromatic carbocycles. The van der Waals surface area contributed by atoms with Gasteiger partial charge in [-0.3, -0.25) is 0 Å². The molecule has 0 aliphatic heterocycles. The number of para-hydroxylation sites is 1. The van der Waals surface area contributed by atoms with Crippen molar-refractivity contribution in [3.8, 4) is 0 Å². The molecular weight excluding hydrogens is 465 g/mol. The van der Waals surface area contributed by atoms with E-state index in [1.807, 2.05) is 6.07 Å². The van der Waals surface area contributed by atoms with Crippen molar-refractivity contribution in [3.63, 3.8) is 0 Å². The van der Waals surface area contributed by atoms with Gasteiger partial charge in [-0.25, -0.2) is 4.99 Å². The highest BCUT2D eigenvalue weighted by Crippen LogP contribution is 2.22. The topological polar surface area (TPSA) is 78.2 Å². The van der Waals surface area contributed by atoms with Gasteiger partial charge in [0.15, 0.2) is 11.7 Å². The van der Waals surface area contributed by atoms with E-state index in [1.165, 1.54) is 22.0 Å². The number of nitrogens with zero attached hydrogens (tertiary/aromatic N) is 2. The van der Waals surface area contributed by atoms with Gasteiger partial charge in [-0.2, -0.15) is 0 Å². The standard InChI is InChI=1S/C21H29N5O.HI/c1-4-15-8-7-9-19-16(13-24-20(15)19)10-11-23-21(22-6-3)25-14-18-12-17(5-2)26-27-18;/h7-9,12-13,24H,4-6,10-11,14H2,1-3H3,(H2,22,23,25);1H. The first kappa shape index (κ1) is 22.3. The molecule has 0 unspecified atom stereocenters. The molecule has 0 amide bonds. The third-order valence-electron chi connectivity index (χ3n) is 4.66. The summed E-state index contributed by atoms with van der Waals surface area (Å²) in [4.78, 5) is 8.03. The molecule has 0 fully saturated rings. The van der Waals surface area contributed by atoms with Crippen LogP contribution in [-0.2, 0) is 25.8 Å². The maximum absolute atomic E-state index is 5.30. The maximum atomic E-state index is 5.30. The number of fused-ring (bicyclic) bond motifs is 1. The molecule has 0 bridgehead atoms. The van der Waals surface area contributed by atoms with Crippen molar-refractivity contribution in [2.24, 2.45) is 4.99 Å². The summed E-state index contributed by atoms with van der Waals surface area (Å²) in [5.74, 6) is 1.58. The van der Waals surface area contributed by atoms with E-state index in [0.717, 1.165) is 49.8 Å². The van der Waals surface area contributed by atoms with Gasteiger partial charge in [0.25, 0.3) is 0 Å².